The van der Waals surface area contributed by atoms with Crippen LogP contribution in [0.5, 0.6) is 5.75 Å². The molecule has 1 aliphatic heterocycles. The van der Waals surface area contributed by atoms with Crippen molar-refractivity contribution < 1.29 is 4.74 Å². The number of hydrogen-bond acceptors (Lipinski definition) is 2. The predicted molar refractivity (Wildman–Crippen MR) is 57.6 cm³/mol. The van der Waals surface area contributed by atoms with Gasteiger partial charge >= 0.3 is 0 Å². The molecule has 1 heterocycles. The van der Waals surface area contributed by atoms with E-state index in [2.05, 4.69) is 25.1 Å². The molecule has 0 saturated carbocycles. The van der Waals surface area contributed by atoms with Crippen LogP contribution in [0.15, 0.2) is 18.2 Å². The van der Waals surface area contributed by atoms with Gasteiger partial charge < -0.3 is 10.5 Å². The van der Waals surface area contributed by atoms with Gasteiger partial charge in [0.1, 0.15) is 11.9 Å². The fourth-order valence-corrected chi connectivity index (χ4v) is 1.97. The van der Waals surface area contributed by atoms with Crippen molar-refractivity contribution in [3.05, 3.63) is 29.3 Å². The van der Waals surface area contributed by atoms with Crippen molar-refractivity contribution in [2.24, 2.45) is 5.73 Å². The van der Waals surface area contributed by atoms with E-state index in [1.165, 1.54) is 11.1 Å². The first-order chi connectivity index (χ1) is 6.65. The van der Waals surface area contributed by atoms with Crippen LogP contribution in [-0.2, 0) is 12.8 Å². The van der Waals surface area contributed by atoms with Crippen LogP contribution in [0.2, 0.25) is 0 Å². The Labute approximate surface area is 85.1 Å². The molecule has 1 aromatic rings. The number of benzene rings is 1. The Hall–Kier alpha value is -1.02. The Balaban J connectivity index is 2.20. The number of nitrogens with two attached hydrogens (primary N) is 1. The van der Waals surface area contributed by atoms with E-state index in [0.29, 0.717) is 6.10 Å². The quantitative estimate of drug-likeness (QED) is 0.775. The van der Waals surface area contributed by atoms with Crippen LogP contribution in [0.1, 0.15) is 25.0 Å². The van der Waals surface area contributed by atoms with Crippen LogP contribution in [0.4, 0.5) is 0 Å². The van der Waals surface area contributed by atoms with E-state index >= 15 is 0 Å². The van der Waals surface area contributed by atoms with E-state index in [4.69, 9.17) is 10.5 Å². The van der Waals surface area contributed by atoms with E-state index in [9.17, 15) is 0 Å². The molecule has 0 amide bonds. The Morgan fingerprint density at radius 1 is 1.57 bits per heavy atom. The van der Waals surface area contributed by atoms with Gasteiger partial charge in [0.2, 0.25) is 0 Å². The molecule has 0 aliphatic carbocycles. The fourth-order valence-electron chi connectivity index (χ4n) is 1.97. The number of hydrogen-bond donors (Lipinski definition) is 1. The van der Waals surface area contributed by atoms with Crippen LogP contribution < -0.4 is 10.5 Å². The monoisotopic (exact) mass is 191 g/mol. The van der Waals surface area contributed by atoms with Crippen molar-refractivity contribution in [1.29, 1.82) is 0 Å². The van der Waals surface area contributed by atoms with Gasteiger partial charge in [-0.1, -0.05) is 12.1 Å². The zero-order chi connectivity index (χ0) is 10.1. The predicted octanol–water partition coefficient (Wildman–Crippen LogP) is 1.90. The summed E-state index contributed by atoms with van der Waals surface area (Å²) in [4.78, 5) is 0. The van der Waals surface area contributed by atoms with Crippen LogP contribution in [0.25, 0.3) is 0 Å². The van der Waals surface area contributed by atoms with E-state index in [1.54, 1.807) is 0 Å². The average molecular weight is 191 g/mol. The Kier molecular flexibility index (Phi) is 2.46. The summed E-state index contributed by atoms with van der Waals surface area (Å²) in [6.07, 6.45) is 2.31. The number of ether oxygens (including phenoxy) is 1. The molecule has 0 saturated heterocycles. The molecule has 0 spiro atoms. The molecule has 0 aromatic heterocycles. The van der Waals surface area contributed by atoms with Crippen molar-refractivity contribution in [3.63, 3.8) is 0 Å². The SMILES string of the molecule is CC1Cc2cc(C[C@H](C)N)ccc2O1. The summed E-state index contributed by atoms with van der Waals surface area (Å²) in [5, 5.41) is 0. The first-order valence-electron chi connectivity index (χ1n) is 5.19. The summed E-state index contributed by atoms with van der Waals surface area (Å²) >= 11 is 0. The molecule has 2 nitrogen and oxygen atoms in total. The van der Waals surface area contributed by atoms with Crippen LogP contribution in [0, 0.1) is 0 Å². The van der Waals surface area contributed by atoms with Crippen molar-refractivity contribution >= 4 is 0 Å². The largest absolute Gasteiger partial charge is 0.490 e. The summed E-state index contributed by atoms with van der Waals surface area (Å²) in [7, 11) is 0. The summed E-state index contributed by atoms with van der Waals surface area (Å²) in [6, 6.07) is 6.63. The third-order valence-electron chi connectivity index (χ3n) is 2.52. The molecular weight excluding hydrogens is 174 g/mol. The van der Waals surface area contributed by atoms with Crippen LogP contribution in [0.3, 0.4) is 0 Å². The lowest BCUT2D eigenvalue weighted by Gasteiger charge is -2.06. The molecule has 1 aliphatic rings. The molecule has 76 valence electrons. The smallest absolute Gasteiger partial charge is 0.123 e. The lowest BCUT2D eigenvalue weighted by Crippen LogP contribution is -2.17. The van der Waals surface area contributed by atoms with Crippen molar-refractivity contribution in [3.8, 4) is 5.75 Å². The topological polar surface area (TPSA) is 35.2 Å². The second-order valence-corrected chi connectivity index (χ2v) is 4.26. The first kappa shape index (κ1) is 9.53. The summed E-state index contributed by atoms with van der Waals surface area (Å²) in [5.41, 5.74) is 8.41. The molecule has 14 heavy (non-hydrogen) atoms. The van der Waals surface area contributed by atoms with Crippen molar-refractivity contribution in [2.75, 3.05) is 0 Å². The lowest BCUT2D eigenvalue weighted by atomic mass is 10.0. The standard InChI is InChI=1S/C12H17NO/c1-8(13)5-10-3-4-12-11(7-10)6-9(2)14-12/h3-4,7-9H,5-6,13H2,1-2H3/t8-,9?/m0/s1. The van der Waals surface area contributed by atoms with Gasteiger partial charge in [-0.15, -0.1) is 0 Å². The molecule has 0 fully saturated rings. The molecule has 2 atom stereocenters. The minimum absolute atomic E-state index is 0.229. The van der Waals surface area contributed by atoms with Gasteiger partial charge in [0.05, 0.1) is 0 Å². The highest BCUT2D eigenvalue weighted by molar-refractivity contribution is 5.40. The molecule has 1 aromatic carbocycles. The van der Waals surface area contributed by atoms with Crippen LogP contribution >= 0.6 is 0 Å². The molecule has 1 unspecified atom stereocenters. The highest BCUT2D eigenvalue weighted by atomic mass is 16.5. The zero-order valence-electron chi connectivity index (χ0n) is 8.79. The molecule has 2 rings (SSSR count). The van der Waals surface area contributed by atoms with Gasteiger partial charge in [0.25, 0.3) is 0 Å². The maximum absolute atomic E-state index is 5.77. The Morgan fingerprint density at radius 2 is 2.36 bits per heavy atom. The van der Waals surface area contributed by atoms with Gasteiger partial charge in [-0.3, -0.25) is 0 Å². The zero-order valence-corrected chi connectivity index (χ0v) is 8.79. The minimum atomic E-state index is 0.229. The van der Waals surface area contributed by atoms with Gasteiger partial charge in [-0.05, 0) is 37.5 Å². The van der Waals surface area contributed by atoms with Gasteiger partial charge in [0, 0.05) is 12.5 Å². The molecule has 0 bridgehead atoms. The second-order valence-electron chi connectivity index (χ2n) is 4.26. The third-order valence-corrected chi connectivity index (χ3v) is 2.52. The molecule has 0 radical (unpaired) electrons. The van der Waals surface area contributed by atoms with Gasteiger partial charge in [-0.25, -0.2) is 0 Å². The van der Waals surface area contributed by atoms with E-state index in [0.717, 1.165) is 18.6 Å². The highest BCUT2D eigenvalue weighted by Gasteiger charge is 2.18. The first-order valence-corrected chi connectivity index (χ1v) is 5.19. The Bertz CT molecular complexity index is 333. The number of rotatable bonds is 2. The van der Waals surface area contributed by atoms with E-state index in [1.807, 2.05) is 6.92 Å². The summed E-state index contributed by atoms with van der Waals surface area (Å²) in [5.74, 6) is 1.05. The van der Waals surface area contributed by atoms with E-state index < -0.39 is 0 Å². The lowest BCUT2D eigenvalue weighted by molar-refractivity contribution is 0.254. The van der Waals surface area contributed by atoms with Crippen molar-refractivity contribution in [2.45, 2.75) is 38.8 Å². The Morgan fingerprint density at radius 3 is 3.07 bits per heavy atom. The molecular formula is C12H17NO. The van der Waals surface area contributed by atoms with Gasteiger partial charge in [0.15, 0.2) is 0 Å². The maximum atomic E-state index is 5.77. The highest BCUT2D eigenvalue weighted by Crippen LogP contribution is 2.29. The number of fused-ring (bicyclic) bond motifs is 1. The summed E-state index contributed by atoms with van der Waals surface area (Å²) < 4.78 is 5.64. The minimum Gasteiger partial charge on any atom is -0.490 e. The third kappa shape index (κ3) is 1.90. The molecule has 2 N–H and O–H groups in total. The normalized spacial score (nSPS) is 21.5. The summed E-state index contributed by atoms with van der Waals surface area (Å²) in [6.45, 7) is 4.14. The van der Waals surface area contributed by atoms with Gasteiger partial charge in [-0.2, -0.15) is 0 Å². The molecule has 2 heteroatoms. The second kappa shape index (κ2) is 3.62. The van der Waals surface area contributed by atoms with E-state index in [-0.39, 0.29) is 6.04 Å². The maximum Gasteiger partial charge on any atom is 0.123 e. The van der Waals surface area contributed by atoms with Crippen LogP contribution in [-0.4, -0.2) is 12.1 Å². The fraction of sp³-hybridized carbons (Fsp3) is 0.500. The average Bonchev–Trinajstić information content (AvgIpc) is 2.42. The van der Waals surface area contributed by atoms with Crippen molar-refractivity contribution in [1.82, 2.24) is 0 Å².